The zero-order valence-corrected chi connectivity index (χ0v) is 10.9. The fourth-order valence-corrected chi connectivity index (χ4v) is 2.20. The molecular formula is C12H14Cl2O3. The van der Waals surface area contributed by atoms with Crippen LogP contribution in [-0.4, -0.2) is 16.2 Å². The lowest BCUT2D eigenvalue weighted by Gasteiger charge is -2.16. The van der Waals surface area contributed by atoms with Crippen LogP contribution >= 0.6 is 23.2 Å². The molecule has 0 saturated carbocycles. The number of aliphatic carboxylic acids is 1. The van der Waals surface area contributed by atoms with Crippen LogP contribution in [0.4, 0.5) is 0 Å². The first-order valence-electron chi connectivity index (χ1n) is 5.25. The molecule has 5 heteroatoms. The highest BCUT2D eigenvalue weighted by atomic mass is 35.5. The summed E-state index contributed by atoms with van der Waals surface area (Å²) in [5.74, 6) is -0.985. The molecule has 0 aliphatic heterocycles. The zero-order valence-electron chi connectivity index (χ0n) is 9.36. The lowest BCUT2D eigenvalue weighted by Crippen LogP contribution is -2.09. The van der Waals surface area contributed by atoms with Crippen LogP contribution in [0.5, 0.6) is 0 Å². The van der Waals surface area contributed by atoms with Crippen molar-refractivity contribution >= 4 is 29.2 Å². The Balaban J connectivity index is 2.69. The van der Waals surface area contributed by atoms with Gasteiger partial charge in [0.2, 0.25) is 0 Å². The van der Waals surface area contributed by atoms with Crippen LogP contribution in [0.3, 0.4) is 0 Å². The number of halogens is 2. The minimum atomic E-state index is -0.869. The monoisotopic (exact) mass is 276 g/mol. The Hall–Kier alpha value is -0.770. The maximum Gasteiger partial charge on any atom is 0.303 e. The van der Waals surface area contributed by atoms with E-state index in [1.165, 1.54) is 0 Å². The van der Waals surface area contributed by atoms with Crippen molar-refractivity contribution in [1.82, 2.24) is 0 Å². The first-order valence-corrected chi connectivity index (χ1v) is 6.00. The van der Waals surface area contributed by atoms with Crippen molar-refractivity contribution in [2.75, 3.05) is 0 Å². The molecule has 17 heavy (non-hydrogen) atoms. The third-order valence-electron chi connectivity index (χ3n) is 2.47. The fourth-order valence-electron chi connectivity index (χ4n) is 1.66. The third-order valence-corrected chi connectivity index (χ3v) is 3.03. The number of hydrogen-bond donors (Lipinski definition) is 2. The van der Waals surface area contributed by atoms with Crippen LogP contribution in [0, 0.1) is 5.92 Å². The molecule has 0 heterocycles. The molecule has 2 unspecified atom stereocenters. The SMILES string of the molecule is CC(CC(=O)O)CC(O)c1ccc(Cl)cc1Cl. The Morgan fingerprint density at radius 3 is 2.59 bits per heavy atom. The van der Waals surface area contributed by atoms with Gasteiger partial charge < -0.3 is 10.2 Å². The second kappa shape index (κ2) is 6.24. The predicted octanol–water partition coefficient (Wildman–Crippen LogP) is 3.53. The van der Waals surface area contributed by atoms with E-state index in [2.05, 4.69) is 0 Å². The van der Waals surface area contributed by atoms with Gasteiger partial charge in [0.05, 0.1) is 6.10 Å². The van der Waals surface area contributed by atoms with Crippen LogP contribution < -0.4 is 0 Å². The lowest BCUT2D eigenvalue weighted by molar-refractivity contribution is -0.138. The van der Waals surface area contributed by atoms with E-state index in [1.807, 2.05) is 0 Å². The van der Waals surface area contributed by atoms with E-state index in [0.717, 1.165) is 0 Å². The quantitative estimate of drug-likeness (QED) is 0.865. The summed E-state index contributed by atoms with van der Waals surface area (Å²) in [6.07, 6.45) is -0.384. The minimum absolute atomic E-state index is 0.0300. The van der Waals surface area contributed by atoms with Crippen molar-refractivity contribution in [2.45, 2.75) is 25.9 Å². The summed E-state index contributed by atoms with van der Waals surface area (Å²) in [6.45, 7) is 1.78. The molecule has 94 valence electrons. The Morgan fingerprint density at radius 2 is 2.06 bits per heavy atom. The summed E-state index contributed by atoms with van der Waals surface area (Å²) in [5.41, 5.74) is 0.577. The number of benzene rings is 1. The van der Waals surface area contributed by atoms with Gasteiger partial charge in [-0.2, -0.15) is 0 Å². The first-order chi connectivity index (χ1) is 7.90. The van der Waals surface area contributed by atoms with Gasteiger partial charge in [-0.3, -0.25) is 4.79 Å². The van der Waals surface area contributed by atoms with E-state index in [9.17, 15) is 9.90 Å². The first kappa shape index (κ1) is 14.3. The van der Waals surface area contributed by atoms with E-state index in [1.54, 1.807) is 25.1 Å². The third kappa shape index (κ3) is 4.54. The van der Waals surface area contributed by atoms with Crippen molar-refractivity contribution in [3.63, 3.8) is 0 Å². The van der Waals surface area contributed by atoms with Gasteiger partial charge in [0.25, 0.3) is 0 Å². The van der Waals surface area contributed by atoms with Crippen molar-refractivity contribution in [3.8, 4) is 0 Å². The minimum Gasteiger partial charge on any atom is -0.481 e. The molecule has 2 atom stereocenters. The topological polar surface area (TPSA) is 57.5 Å². The van der Waals surface area contributed by atoms with Crippen molar-refractivity contribution < 1.29 is 15.0 Å². The number of hydrogen-bond acceptors (Lipinski definition) is 2. The number of carbonyl (C=O) groups is 1. The molecule has 0 radical (unpaired) electrons. The summed E-state index contributed by atoms with van der Waals surface area (Å²) < 4.78 is 0. The summed E-state index contributed by atoms with van der Waals surface area (Å²) in [7, 11) is 0. The molecule has 0 aromatic heterocycles. The van der Waals surface area contributed by atoms with Gasteiger partial charge in [-0.1, -0.05) is 36.2 Å². The second-order valence-corrected chi connectivity index (χ2v) is 4.96. The average molecular weight is 277 g/mol. The van der Waals surface area contributed by atoms with E-state index in [4.69, 9.17) is 28.3 Å². The summed E-state index contributed by atoms with van der Waals surface area (Å²) in [4.78, 5) is 10.5. The van der Waals surface area contributed by atoms with Crippen LogP contribution in [0.25, 0.3) is 0 Å². The molecular weight excluding hydrogens is 263 g/mol. The number of aliphatic hydroxyl groups is 1. The van der Waals surface area contributed by atoms with E-state index < -0.39 is 12.1 Å². The van der Waals surface area contributed by atoms with Crippen LogP contribution in [0.15, 0.2) is 18.2 Å². The normalized spacial score (nSPS) is 14.4. The smallest absolute Gasteiger partial charge is 0.303 e. The Bertz CT molecular complexity index is 407. The number of carboxylic acid groups (broad SMARTS) is 1. The zero-order chi connectivity index (χ0) is 13.0. The van der Waals surface area contributed by atoms with Gasteiger partial charge in [-0.15, -0.1) is 0 Å². The second-order valence-electron chi connectivity index (χ2n) is 4.12. The van der Waals surface area contributed by atoms with Crippen LogP contribution in [0.1, 0.15) is 31.4 Å². The molecule has 1 aromatic rings. The molecule has 0 bridgehead atoms. The summed E-state index contributed by atoms with van der Waals surface area (Å²) >= 11 is 11.7. The Morgan fingerprint density at radius 1 is 1.41 bits per heavy atom. The maximum atomic E-state index is 10.5. The van der Waals surface area contributed by atoms with Crippen molar-refractivity contribution in [1.29, 1.82) is 0 Å². The molecule has 1 aromatic carbocycles. The lowest BCUT2D eigenvalue weighted by atomic mass is 9.96. The van der Waals surface area contributed by atoms with Crippen molar-refractivity contribution in [2.24, 2.45) is 5.92 Å². The highest BCUT2D eigenvalue weighted by Gasteiger charge is 2.17. The van der Waals surface area contributed by atoms with Gasteiger partial charge in [0.1, 0.15) is 0 Å². The fraction of sp³-hybridized carbons (Fsp3) is 0.417. The van der Waals surface area contributed by atoms with Gasteiger partial charge in [-0.25, -0.2) is 0 Å². The predicted molar refractivity (Wildman–Crippen MR) is 67.5 cm³/mol. The largest absolute Gasteiger partial charge is 0.481 e. The molecule has 0 aliphatic carbocycles. The Labute approximate surface area is 110 Å². The van der Waals surface area contributed by atoms with Gasteiger partial charge in [0, 0.05) is 16.5 Å². The highest BCUT2D eigenvalue weighted by molar-refractivity contribution is 6.35. The van der Waals surface area contributed by atoms with Crippen molar-refractivity contribution in [3.05, 3.63) is 33.8 Å². The highest BCUT2D eigenvalue weighted by Crippen LogP contribution is 2.30. The van der Waals surface area contributed by atoms with E-state index in [-0.39, 0.29) is 12.3 Å². The van der Waals surface area contributed by atoms with Gasteiger partial charge in [0.15, 0.2) is 0 Å². The Kier molecular flexibility index (Phi) is 5.25. The van der Waals surface area contributed by atoms with E-state index >= 15 is 0 Å². The van der Waals surface area contributed by atoms with Gasteiger partial charge >= 0.3 is 5.97 Å². The molecule has 3 nitrogen and oxygen atoms in total. The molecule has 1 rings (SSSR count). The molecule has 2 N–H and O–H groups in total. The standard InChI is InChI=1S/C12H14Cl2O3/c1-7(5-12(16)17)4-11(15)9-3-2-8(13)6-10(9)14/h2-3,6-7,11,15H,4-5H2,1H3,(H,16,17). The summed E-state index contributed by atoms with van der Waals surface area (Å²) in [5, 5.41) is 19.5. The molecule has 0 amide bonds. The molecule has 0 aliphatic rings. The average Bonchev–Trinajstić information content (AvgIpc) is 2.15. The van der Waals surface area contributed by atoms with E-state index in [0.29, 0.717) is 22.0 Å². The molecule has 0 spiro atoms. The molecule has 0 fully saturated rings. The van der Waals surface area contributed by atoms with Crippen LogP contribution in [-0.2, 0) is 4.79 Å². The number of aliphatic hydroxyl groups excluding tert-OH is 1. The number of rotatable bonds is 5. The molecule has 0 saturated heterocycles. The van der Waals surface area contributed by atoms with Gasteiger partial charge in [-0.05, 0) is 30.0 Å². The summed E-state index contributed by atoms with van der Waals surface area (Å²) in [6, 6.07) is 4.86. The maximum absolute atomic E-state index is 10.5. The van der Waals surface area contributed by atoms with Crippen LogP contribution in [0.2, 0.25) is 10.0 Å². The number of carboxylic acids is 1.